The molecule has 0 atom stereocenters. The van der Waals surface area contributed by atoms with Gasteiger partial charge in [0.2, 0.25) is 5.88 Å². The van der Waals surface area contributed by atoms with E-state index in [2.05, 4.69) is 15.0 Å². The highest BCUT2D eigenvalue weighted by Gasteiger charge is 2.24. The van der Waals surface area contributed by atoms with Crippen LogP contribution in [0.15, 0.2) is 33.3 Å². The van der Waals surface area contributed by atoms with Crippen molar-refractivity contribution in [3.05, 3.63) is 45.1 Å². The Morgan fingerprint density at radius 2 is 2.11 bits per heavy atom. The maximum absolute atomic E-state index is 12.4. The fourth-order valence-corrected chi connectivity index (χ4v) is 3.73. The Morgan fingerprint density at radius 3 is 2.78 bits per heavy atom. The molecule has 3 rings (SSSR count). The van der Waals surface area contributed by atoms with E-state index >= 15 is 0 Å². The van der Waals surface area contributed by atoms with Gasteiger partial charge >= 0.3 is 5.69 Å². The number of aromatic nitrogens is 4. The van der Waals surface area contributed by atoms with E-state index in [9.17, 15) is 14.7 Å². The van der Waals surface area contributed by atoms with Crippen molar-refractivity contribution in [1.82, 2.24) is 19.1 Å². The number of rotatable bonds is 7. The van der Waals surface area contributed by atoms with Crippen molar-refractivity contribution in [2.75, 3.05) is 6.54 Å². The number of aromatic hydroxyl groups is 1. The van der Waals surface area contributed by atoms with Gasteiger partial charge in [-0.3, -0.25) is 19.3 Å². The minimum atomic E-state index is -0.570. The highest BCUT2D eigenvalue weighted by atomic mass is 16.3. The molecule has 2 aromatic rings. The predicted molar refractivity (Wildman–Crippen MR) is 104 cm³/mol. The molecule has 146 valence electrons. The Hall–Kier alpha value is -2.64. The van der Waals surface area contributed by atoms with Crippen LogP contribution in [-0.2, 0) is 6.54 Å². The number of aliphatic imine (C=N–C) groups is 1. The van der Waals surface area contributed by atoms with Crippen LogP contribution in [0.4, 0.5) is 0 Å². The summed E-state index contributed by atoms with van der Waals surface area (Å²) < 4.78 is 3.32. The summed E-state index contributed by atoms with van der Waals surface area (Å²) in [7, 11) is 0. The fourth-order valence-electron chi connectivity index (χ4n) is 3.73. The first kappa shape index (κ1) is 19.1. The van der Waals surface area contributed by atoms with Crippen LogP contribution in [0, 0.1) is 0 Å². The van der Waals surface area contributed by atoms with Gasteiger partial charge in [-0.15, -0.1) is 0 Å². The van der Waals surface area contributed by atoms with Gasteiger partial charge in [0.1, 0.15) is 5.56 Å². The van der Waals surface area contributed by atoms with Gasteiger partial charge in [0.15, 0.2) is 0 Å². The molecule has 1 fully saturated rings. The number of nitrogens with one attached hydrogen (secondary N) is 1. The van der Waals surface area contributed by atoms with E-state index in [0.717, 1.165) is 45.1 Å². The van der Waals surface area contributed by atoms with Crippen LogP contribution in [0.3, 0.4) is 0 Å². The quantitative estimate of drug-likeness (QED) is 0.573. The van der Waals surface area contributed by atoms with Crippen LogP contribution in [-0.4, -0.2) is 36.5 Å². The van der Waals surface area contributed by atoms with E-state index in [1.807, 2.05) is 17.7 Å². The summed E-state index contributed by atoms with van der Waals surface area (Å²) in [4.78, 5) is 35.6. The van der Waals surface area contributed by atoms with Crippen molar-refractivity contribution in [2.45, 2.75) is 64.5 Å². The monoisotopic (exact) mass is 373 g/mol. The van der Waals surface area contributed by atoms with E-state index in [4.69, 9.17) is 0 Å². The Kier molecular flexibility index (Phi) is 6.26. The molecule has 0 radical (unpaired) electrons. The fraction of sp³-hybridized carbons (Fsp3) is 0.579. The summed E-state index contributed by atoms with van der Waals surface area (Å²) in [6.07, 6.45) is 11.5. The topological polar surface area (TPSA) is 105 Å². The summed E-state index contributed by atoms with van der Waals surface area (Å²) in [5.74, 6) is -0.245. The van der Waals surface area contributed by atoms with E-state index in [1.54, 1.807) is 12.5 Å². The summed E-state index contributed by atoms with van der Waals surface area (Å²) in [5.41, 5.74) is -0.447. The van der Waals surface area contributed by atoms with Gasteiger partial charge in [0.05, 0.1) is 12.0 Å². The molecular weight excluding hydrogens is 346 g/mol. The van der Waals surface area contributed by atoms with Crippen LogP contribution in [0.1, 0.15) is 63.5 Å². The maximum atomic E-state index is 12.4. The summed E-state index contributed by atoms with van der Waals surface area (Å²) in [6.45, 7) is 3.21. The zero-order valence-corrected chi connectivity index (χ0v) is 15.7. The lowest BCUT2D eigenvalue weighted by atomic mass is 9.95. The number of H-pyrrole nitrogens is 1. The third kappa shape index (κ3) is 4.37. The van der Waals surface area contributed by atoms with Crippen LogP contribution in [0.5, 0.6) is 5.88 Å². The largest absolute Gasteiger partial charge is 0.494 e. The van der Waals surface area contributed by atoms with Crippen molar-refractivity contribution in [2.24, 2.45) is 4.99 Å². The van der Waals surface area contributed by atoms with Crippen LogP contribution < -0.4 is 11.2 Å². The van der Waals surface area contributed by atoms with Crippen LogP contribution >= 0.6 is 0 Å². The predicted octanol–water partition coefficient (Wildman–Crippen LogP) is 2.23. The smallest absolute Gasteiger partial charge is 0.331 e. The molecule has 2 aromatic heterocycles. The molecule has 2 N–H and O–H groups in total. The molecular formula is C19H27N5O3. The maximum Gasteiger partial charge on any atom is 0.331 e. The molecule has 0 amide bonds. The molecule has 0 bridgehead atoms. The molecule has 8 heteroatoms. The minimum Gasteiger partial charge on any atom is -0.494 e. The molecule has 8 nitrogen and oxygen atoms in total. The van der Waals surface area contributed by atoms with Crippen molar-refractivity contribution in [1.29, 1.82) is 0 Å². The summed E-state index contributed by atoms with van der Waals surface area (Å²) in [5, 5.41) is 10.8. The molecule has 0 spiro atoms. The zero-order chi connectivity index (χ0) is 19.2. The molecule has 1 saturated carbocycles. The van der Waals surface area contributed by atoms with Gasteiger partial charge < -0.3 is 9.67 Å². The zero-order valence-electron chi connectivity index (χ0n) is 15.7. The lowest BCUT2D eigenvalue weighted by Crippen LogP contribution is -2.36. The number of hydrogen-bond donors (Lipinski definition) is 2. The Labute approximate surface area is 157 Å². The van der Waals surface area contributed by atoms with Crippen LogP contribution in [0.2, 0.25) is 0 Å². The first-order valence-corrected chi connectivity index (χ1v) is 9.69. The Morgan fingerprint density at radius 1 is 1.33 bits per heavy atom. The third-order valence-corrected chi connectivity index (χ3v) is 5.12. The lowest BCUT2D eigenvalue weighted by molar-refractivity contribution is 0.298. The van der Waals surface area contributed by atoms with Crippen molar-refractivity contribution in [3.8, 4) is 5.88 Å². The van der Waals surface area contributed by atoms with Crippen LogP contribution in [0.25, 0.3) is 0 Å². The van der Waals surface area contributed by atoms with Crippen molar-refractivity contribution < 1.29 is 5.11 Å². The van der Waals surface area contributed by atoms with Crippen molar-refractivity contribution in [3.63, 3.8) is 0 Å². The average Bonchev–Trinajstić information content (AvgIpc) is 3.17. The minimum absolute atomic E-state index is 0.0683. The first-order valence-electron chi connectivity index (χ1n) is 9.69. The molecule has 1 aliphatic carbocycles. The van der Waals surface area contributed by atoms with Gasteiger partial charge in [-0.05, 0) is 25.7 Å². The van der Waals surface area contributed by atoms with E-state index < -0.39 is 11.2 Å². The van der Waals surface area contributed by atoms with Gasteiger partial charge in [0, 0.05) is 31.5 Å². The standard InChI is InChI=1S/C19H27N5O3/c1-2-15(21-9-6-11-23-12-10-20-13-23)16-17(25)22-19(27)24(18(16)26)14-7-4-3-5-8-14/h10,12-14,26H,2-9,11H2,1H3,(H,22,25,27). The van der Waals surface area contributed by atoms with Gasteiger partial charge in [0.25, 0.3) is 5.56 Å². The number of imidazole rings is 1. The van der Waals surface area contributed by atoms with Gasteiger partial charge in [-0.1, -0.05) is 26.2 Å². The third-order valence-electron chi connectivity index (χ3n) is 5.12. The summed E-state index contributed by atoms with van der Waals surface area (Å²) in [6, 6.07) is -0.0683. The number of nitrogens with zero attached hydrogens (tertiary/aromatic N) is 4. The highest BCUT2D eigenvalue weighted by Crippen LogP contribution is 2.30. The first-order chi connectivity index (χ1) is 13.1. The molecule has 27 heavy (non-hydrogen) atoms. The van der Waals surface area contributed by atoms with Gasteiger partial charge in [-0.25, -0.2) is 9.78 Å². The van der Waals surface area contributed by atoms with E-state index in [1.165, 1.54) is 4.57 Å². The highest BCUT2D eigenvalue weighted by molar-refractivity contribution is 6.01. The van der Waals surface area contributed by atoms with Crippen molar-refractivity contribution >= 4 is 5.71 Å². The summed E-state index contributed by atoms with van der Waals surface area (Å²) >= 11 is 0. The van der Waals surface area contributed by atoms with Gasteiger partial charge in [-0.2, -0.15) is 0 Å². The number of hydrogen-bond acceptors (Lipinski definition) is 5. The molecule has 0 aliphatic heterocycles. The second-order valence-corrected chi connectivity index (χ2v) is 6.96. The molecule has 0 aromatic carbocycles. The normalized spacial score (nSPS) is 16.0. The average molecular weight is 373 g/mol. The SMILES string of the molecule is CCC(=NCCCn1ccnc1)c1c(O)n(C2CCCCC2)c(=O)[nH]c1=O. The Balaban J connectivity index is 1.85. The second-order valence-electron chi connectivity index (χ2n) is 6.96. The lowest BCUT2D eigenvalue weighted by Gasteiger charge is -2.25. The Bertz CT molecular complexity index is 889. The number of aryl methyl sites for hydroxylation is 1. The van der Waals surface area contributed by atoms with E-state index in [-0.39, 0.29) is 17.5 Å². The number of aromatic amines is 1. The molecule has 2 heterocycles. The molecule has 0 saturated heterocycles. The van der Waals surface area contributed by atoms with E-state index in [0.29, 0.717) is 18.7 Å². The molecule has 0 unspecified atom stereocenters. The second kappa shape index (κ2) is 8.83. The molecule has 1 aliphatic rings.